The van der Waals surface area contributed by atoms with E-state index in [1.807, 2.05) is 31.2 Å². The lowest BCUT2D eigenvalue weighted by molar-refractivity contribution is -0.141. The van der Waals surface area contributed by atoms with E-state index in [0.29, 0.717) is 13.0 Å². The number of benzene rings is 1. The van der Waals surface area contributed by atoms with Crippen LogP contribution < -0.4 is 4.74 Å². The van der Waals surface area contributed by atoms with Crippen LogP contribution in [0.2, 0.25) is 0 Å². The Labute approximate surface area is 118 Å². The van der Waals surface area contributed by atoms with Crippen LogP contribution >= 0.6 is 0 Å². The van der Waals surface area contributed by atoms with Crippen LogP contribution in [0.5, 0.6) is 5.75 Å². The number of amides is 1. The molecule has 108 valence electrons. The van der Waals surface area contributed by atoms with E-state index in [-0.39, 0.29) is 19.1 Å². The third kappa shape index (κ3) is 3.29. The highest BCUT2D eigenvalue weighted by Gasteiger charge is 2.30. The van der Waals surface area contributed by atoms with E-state index in [1.54, 1.807) is 4.90 Å². The molecule has 1 atom stereocenters. The molecule has 2 rings (SSSR count). The van der Waals surface area contributed by atoms with Gasteiger partial charge in [-0.25, -0.2) is 0 Å². The number of aliphatic carboxylic acids is 1. The van der Waals surface area contributed by atoms with Gasteiger partial charge in [0.2, 0.25) is 0 Å². The lowest BCUT2D eigenvalue weighted by Gasteiger charge is -2.17. The molecule has 1 amide bonds. The second-order valence-electron chi connectivity index (χ2n) is 4.91. The zero-order valence-corrected chi connectivity index (χ0v) is 11.5. The molecule has 5 heteroatoms. The first-order chi connectivity index (χ1) is 9.61. The fourth-order valence-electron chi connectivity index (χ4n) is 2.36. The fraction of sp³-hybridized carbons (Fsp3) is 0.467. The number of carbonyl (C=O) groups is 2. The van der Waals surface area contributed by atoms with Crippen LogP contribution in [0.1, 0.15) is 18.9 Å². The monoisotopic (exact) mass is 277 g/mol. The van der Waals surface area contributed by atoms with Gasteiger partial charge in [0.1, 0.15) is 5.75 Å². The largest absolute Gasteiger partial charge is 0.483 e. The number of para-hydroxylation sites is 1. The third-order valence-corrected chi connectivity index (χ3v) is 3.59. The van der Waals surface area contributed by atoms with Gasteiger partial charge in [-0.05, 0) is 24.5 Å². The molecule has 1 fully saturated rings. The van der Waals surface area contributed by atoms with Crippen LogP contribution in [-0.4, -0.2) is 41.6 Å². The van der Waals surface area contributed by atoms with E-state index in [1.165, 1.54) is 0 Å². The molecule has 0 bridgehead atoms. The SMILES string of the molecule is CCc1ccccc1OCC(=O)N1CC[C@H](C(=O)O)C1. The van der Waals surface area contributed by atoms with Crippen molar-refractivity contribution in [1.29, 1.82) is 0 Å². The average molecular weight is 277 g/mol. The summed E-state index contributed by atoms with van der Waals surface area (Å²) in [6, 6.07) is 7.62. The van der Waals surface area contributed by atoms with Crippen molar-refractivity contribution in [2.45, 2.75) is 19.8 Å². The molecule has 1 heterocycles. The van der Waals surface area contributed by atoms with Crippen LogP contribution in [0.15, 0.2) is 24.3 Å². The number of carboxylic acid groups (broad SMARTS) is 1. The summed E-state index contributed by atoms with van der Waals surface area (Å²) >= 11 is 0. The minimum absolute atomic E-state index is 0.0383. The molecule has 1 aliphatic heterocycles. The molecule has 0 unspecified atom stereocenters. The number of carboxylic acids is 1. The van der Waals surface area contributed by atoms with Crippen molar-refractivity contribution in [2.24, 2.45) is 5.92 Å². The first-order valence-electron chi connectivity index (χ1n) is 6.83. The molecular formula is C15H19NO4. The number of likely N-dealkylation sites (tertiary alicyclic amines) is 1. The molecule has 0 aliphatic carbocycles. The Hall–Kier alpha value is -2.04. The standard InChI is InChI=1S/C15H19NO4/c1-2-11-5-3-4-6-13(11)20-10-14(17)16-8-7-12(9-16)15(18)19/h3-6,12H,2,7-10H2,1H3,(H,18,19)/t12-/m0/s1. The van der Waals surface area contributed by atoms with E-state index >= 15 is 0 Å². The summed E-state index contributed by atoms with van der Waals surface area (Å²) in [6.45, 7) is 2.77. The predicted octanol–water partition coefficient (Wildman–Crippen LogP) is 1.56. The van der Waals surface area contributed by atoms with Crippen molar-refractivity contribution in [3.8, 4) is 5.75 Å². The summed E-state index contributed by atoms with van der Waals surface area (Å²) in [5.74, 6) is -0.712. The van der Waals surface area contributed by atoms with Gasteiger partial charge >= 0.3 is 5.97 Å². The number of hydrogen-bond acceptors (Lipinski definition) is 3. The van der Waals surface area contributed by atoms with E-state index < -0.39 is 11.9 Å². The van der Waals surface area contributed by atoms with Crippen LogP contribution in [0.4, 0.5) is 0 Å². The predicted molar refractivity (Wildman–Crippen MR) is 73.6 cm³/mol. The number of hydrogen-bond donors (Lipinski definition) is 1. The van der Waals surface area contributed by atoms with Crippen molar-refractivity contribution >= 4 is 11.9 Å². The molecule has 1 aromatic rings. The molecule has 0 radical (unpaired) electrons. The van der Waals surface area contributed by atoms with Crippen molar-refractivity contribution in [3.05, 3.63) is 29.8 Å². The smallest absolute Gasteiger partial charge is 0.308 e. The lowest BCUT2D eigenvalue weighted by atomic mass is 10.1. The van der Waals surface area contributed by atoms with Gasteiger partial charge in [0, 0.05) is 13.1 Å². The maximum Gasteiger partial charge on any atom is 0.308 e. The zero-order chi connectivity index (χ0) is 14.5. The van der Waals surface area contributed by atoms with Gasteiger partial charge in [-0.15, -0.1) is 0 Å². The molecule has 1 saturated heterocycles. The lowest BCUT2D eigenvalue weighted by Crippen LogP contribution is -2.33. The Morgan fingerprint density at radius 2 is 2.15 bits per heavy atom. The van der Waals surface area contributed by atoms with Crippen LogP contribution in [-0.2, 0) is 16.0 Å². The second-order valence-corrected chi connectivity index (χ2v) is 4.91. The normalized spacial score (nSPS) is 18.1. The summed E-state index contributed by atoms with van der Waals surface area (Å²) in [7, 11) is 0. The van der Waals surface area contributed by atoms with E-state index in [0.717, 1.165) is 17.7 Å². The Morgan fingerprint density at radius 3 is 2.80 bits per heavy atom. The maximum absolute atomic E-state index is 12.0. The minimum atomic E-state index is -0.836. The summed E-state index contributed by atoms with van der Waals surface area (Å²) in [4.78, 5) is 24.4. The fourth-order valence-corrected chi connectivity index (χ4v) is 2.36. The Balaban J connectivity index is 1.88. The van der Waals surface area contributed by atoms with Crippen molar-refractivity contribution in [3.63, 3.8) is 0 Å². The number of nitrogens with zero attached hydrogens (tertiary/aromatic N) is 1. The Morgan fingerprint density at radius 1 is 1.40 bits per heavy atom. The minimum Gasteiger partial charge on any atom is -0.483 e. The topological polar surface area (TPSA) is 66.8 Å². The quantitative estimate of drug-likeness (QED) is 0.887. The number of ether oxygens (including phenoxy) is 1. The van der Waals surface area contributed by atoms with E-state index in [9.17, 15) is 9.59 Å². The van der Waals surface area contributed by atoms with Gasteiger partial charge < -0.3 is 14.7 Å². The number of carbonyl (C=O) groups excluding carboxylic acids is 1. The van der Waals surface area contributed by atoms with Crippen molar-refractivity contribution < 1.29 is 19.4 Å². The van der Waals surface area contributed by atoms with E-state index in [4.69, 9.17) is 9.84 Å². The first-order valence-corrected chi connectivity index (χ1v) is 6.83. The molecular weight excluding hydrogens is 258 g/mol. The van der Waals surface area contributed by atoms with E-state index in [2.05, 4.69) is 0 Å². The number of rotatable bonds is 5. The van der Waals surface area contributed by atoms with Crippen molar-refractivity contribution in [2.75, 3.05) is 19.7 Å². The molecule has 0 saturated carbocycles. The van der Waals surface area contributed by atoms with Gasteiger partial charge in [0.05, 0.1) is 5.92 Å². The molecule has 0 spiro atoms. The Bertz CT molecular complexity index is 500. The molecule has 5 nitrogen and oxygen atoms in total. The van der Waals surface area contributed by atoms with Crippen LogP contribution in [0.25, 0.3) is 0 Å². The van der Waals surface area contributed by atoms with Crippen LogP contribution in [0.3, 0.4) is 0 Å². The van der Waals surface area contributed by atoms with Crippen LogP contribution in [0, 0.1) is 5.92 Å². The Kier molecular flexibility index (Phi) is 4.61. The highest BCUT2D eigenvalue weighted by Crippen LogP contribution is 2.20. The zero-order valence-electron chi connectivity index (χ0n) is 11.5. The maximum atomic E-state index is 12.0. The van der Waals surface area contributed by atoms with Gasteiger partial charge in [0.25, 0.3) is 5.91 Å². The summed E-state index contributed by atoms with van der Waals surface area (Å²) in [5.41, 5.74) is 1.06. The summed E-state index contributed by atoms with van der Waals surface area (Å²) in [6.07, 6.45) is 1.36. The van der Waals surface area contributed by atoms with Gasteiger partial charge in [0.15, 0.2) is 6.61 Å². The first kappa shape index (κ1) is 14.4. The third-order valence-electron chi connectivity index (χ3n) is 3.59. The highest BCUT2D eigenvalue weighted by molar-refractivity contribution is 5.80. The molecule has 20 heavy (non-hydrogen) atoms. The van der Waals surface area contributed by atoms with Gasteiger partial charge in [-0.3, -0.25) is 9.59 Å². The molecule has 0 aromatic heterocycles. The molecule has 1 aliphatic rings. The second kappa shape index (κ2) is 6.41. The summed E-state index contributed by atoms with van der Waals surface area (Å²) in [5, 5.41) is 8.92. The van der Waals surface area contributed by atoms with Gasteiger partial charge in [-0.1, -0.05) is 25.1 Å². The molecule has 1 N–H and O–H groups in total. The molecule has 1 aromatic carbocycles. The average Bonchev–Trinajstić information content (AvgIpc) is 2.95. The number of aryl methyl sites for hydroxylation is 1. The van der Waals surface area contributed by atoms with Gasteiger partial charge in [-0.2, -0.15) is 0 Å². The summed E-state index contributed by atoms with van der Waals surface area (Å²) < 4.78 is 5.56. The van der Waals surface area contributed by atoms with Crippen molar-refractivity contribution in [1.82, 2.24) is 4.90 Å². The highest BCUT2D eigenvalue weighted by atomic mass is 16.5.